The molecular formula is C5H9BrO. The fourth-order valence-corrected chi connectivity index (χ4v) is 0.863. The Kier molecular flexibility index (Phi) is 2.13. The van der Waals surface area contributed by atoms with Crippen LogP contribution >= 0.6 is 15.9 Å². The normalized spacial score (nSPS) is 27.9. The van der Waals surface area contributed by atoms with Crippen LogP contribution in [0, 0.1) is 0 Å². The number of rotatable bonds is 3. The van der Waals surface area contributed by atoms with Gasteiger partial charge in [-0.3, -0.25) is 0 Å². The van der Waals surface area contributed by atoms with Crippen molar-refractivity contribution in [3.05, 3.63) is 0 Å². The first-order valence-electron chi connectivity index (χ1n) is 2.61. The van der Waals surface area contributed by atoms with E-state index in [0.29, 0.717) is 6.10 Å². The fraction of sp³-hybridized carbons (Fsp3) is 1.00. The quantitative estimate of drug-likeness (QED) is 0.456. The molecule has 0 aromatic rings. The van der Waals surface area contributed by atoms with Gasteiger partial charge in [0.25, 0.3) is 0 Å². The van der Waals surface area contributed by atoms with E-state index in [0.717, 1.165) is 11.9 Å². The molecule has 0 amide bonds. The Morgan fingerprint density at radius 3 is 2.86 bits per heavy atom. The zero-order valence-electron chi connectivity index (χ0n) is 4.19. The van der Waals surface area contributed by atoms with Crippen LogP contribution in [0.1, 0.15) is 12.8 Å². The van der Waals surface area contributed by atoms with E-state index in [-0.39, 0.29) is 0 Å². The molecule has 2 heteroatoms. The predicted molar refractivity (Wildman–Crippen MR) is 32.8 cm³/mol. The zero-order valence-corrected chi connectivity index (χ0v) is 5.78. The summed E-state index contributed by atoms with van der Waals surface area (Å²) in [6.45, 7) is 1.01. The molecule has 0 aromatic carbocycles. The highest BCUT2D eigenvalue weighted by atomic mass is 79.9. The van der Waals surface area contributed by atoms with E-state index in [1.165, 1.54) is 12.8 Å². The lowest BCUT2D eigenvalue weighted by Gasteiger charge is -1.85. The molecule has 0 saturated carbocycles. The van der Waals surface area contributed by atoms with Gasteiger partial charge < -0.3 is 4.74 Å². The Labute approximate surface area is 52.2 Å². The van der Waals surface area contributed by atoms with E-state index in [2.05, 4.69) is 15.9 Å². The molecule has 0 aromatic heterocycles. The van der Waals surface area contributed by atoms with Crippen LogP contribution in [0.5, 0.6) is 0 Å². The molecule has 1 aliphatic rings. The van der Waals surface area contributed by atoms with Gasteiger partial charge in [0.2, 0.25) is 0 Å². The number of hydrogen-bond acceptors (Lipinski definition) is 1. The molecular weight excluding hydrogens is 156 g/mol. The Bertz CT molecular complexity index is 52.0. The second kappa shape index (κ2) is 2.68. The lowest BCUT2D eigenvalue weighted by molar-refractivity contribution is 0.395. The Balaban J connectivity index is 1.80. The van der Waals surface area contributed by atoms with Gasteiger partial charge in [-0.25, -0.2) is 0 Å². The minimum Gasteiger partial charge on any atom is -0.373 e. The van der Waals surface area contributed by atoms with Gasteiger partial charge >= 0.3 is 0 Å². The van der Waals surface area contributed by atoms with Crippen molar-refractivity contribution in [2.45, 2.75) is 18.9 Å². The van der Waals surface area contributed by atoms with Crippen LogP contribution in [-0.4, -0.2) is 18.0 Å². The third-order valence-electron chi connectivity index (χ3n) is 1.06. The van der Waals surface area contributed by atoms with Crippen LogP contribution in [0.2, 0.25) is 0 Å². The lowest BCUT2D eigenvalue weighted by atomic mass is 10.3. The third kappa shape index (κ3) is 2.29. The van der Waals surface area contributed by atoms with Gasteiger partial charge in [-0.05, 0) is 12.8 Å². The molecule has 0 bridgehead atoms. The smallest absolute Gasteiger partial charge is 0.0810 e. The Morgan fingerprint density at radius 2 is 2.43 bits per heavy atom. The summed E-state index contributed by atoms with van der Waals surface area (Å²) in [7, 11) is 0. The first-order chi connectivity index (χ1) is 3.43. The summed E-state index contributed by atoms with van der Waals surface area (Å²) in [6, 6.07) is 0. The first kappa shape index (κ1) is 5.57. The maximum atomic E-state index is 4.99. The van der Waals surface area contributed by atoms with Crippen molar-refractivity contribution in [3.63, 3.8) is 0 Å². The number of ether oxygens (including phenoxy) is 1. The maximum Gasteiger partial charge on any atom is 0.0810 e. The maximum absolute atomic E-state index is 4.99. The summed E-state index contributed by atoms with van der Waals surface area (Å²) < 4.78 is 4.99. The number of halogens is 1. The van der Waals surface area contributed by atoms with Crippen LogP contribution in [0.3, 0.4) is 0 Å². The molecule has 1 fully saturated rings. The van der Waals surface area contributed by atoms with E-state index in [1.807, 2.05) is 0 Å². The van der Waals surface area contributed by atoms with Gasteiger partial charge in [-0.1, -0.05) is 15.9 Å². The molecule has 1 atom stereocenters. The van der Waals surface area contributed by atoms with Gasteiger partial charge in [0.1, 0.15) is 0 Å². The molecule has 1 nitrogen and oxygen atoms in total. The molecule has 7 heavy (non-hydrogen) atoms. The van der Waals surface area contributed by atoms with E-state index in [9.17, 15) is 0 Å². The lowest BCUT2D eigenvalue weighted by Crippen LogP contribution is -1.83. The molecule has 1 aliphatic heterocycles. The molecule has 42 valence electrons. The van der Waals surface area contributed by atoms with Crippen molar-refractivity contribution in [1.82, 2.24) is 0 Å². The van der Waals surface area contributed by atoms with Crippen molar-refractivity contribution in [2.75, 3.05) is 11.9 Å². The largest absolute Gasteiger partial charge is 0.373 e. The van der Waals surface area contributed by atoms with Gasteiger partial charge in [0, 0.05) is 5.33 Å². The Hall–Kier alpha value is 0.440. The second-order valence-corrected chi connectivity index (χ2v) is 2.58. The summed E-state index contributed by atoms with van der Waals surface area (Å²) in [6.07, 6.45) is 3.12. The molecule has 0 spiro atoms. The second-order valence-electron chi connectivity index (χ2n) is 1.79. The van der Waals surface area contributed by atoms with Crippen LogP contribution in [-0.2, 0) is 4.74 Å². The van der Waals surface area contributed by atoms with Gasteiger partial charge in [0.15, 0.2) is 0 Å². The SMILES string of the molecule is BrCCCC1CO1. The van der Waals surface area contributed by atoms with Gasteiger partial charge in [0.05, 0.1) is 12.7 Å². The summed E-state index contributed by atoms with van der Waals surface area (Å²) in [5.41, 5.74) is 0. The molecule has 1 rings (SSSR count). The third-order valence-corrected chi connectivity index (χ3v) is 1.62. The Morgan fingerprint density at radius 1 is 1.71 bits per heavy atom. The minimum atomic E-state index is 0.623. The van der Waals surface area contributed by atoms with E-state index >= 15 is 0 Å². The van der Waals surface area contributed by atoms with E-state index in [1.54, 1.807) is 0 Å². The van der Waals surface area contributed by atoms with Crippen molar-refractivity contribution >= 4 is 15.9 Å². The van der Waals surface area contributed by atoms with Crippen LogP contribution in [0.25, 0.3) is 0 Å². The number of epoxide rings is 1. The van der Waals surface area contributed by atoms with Crippen molar-refractivity contribution in [1.29, 1.82) is 0 Å². The molecule has 1 unspecified atom stereocenters. The first-order valence-corrected chi connectivity index (χ1v) is 3.73. The molecule has 1 heterocycles. The summed E-state index contributed by atoms with van der Waals surface area (Å²) >= 11 is 3.35. The van der Waals surface area contributed by atoms with Crippen LogP contribution in [0.15, 0.2) is 0 Å². The van der Waals surface area contributed by atoms with Crippen molar-refractivity contribution in [2.24, 2.45) is 0 Å². The van der Waals surface area contributed by atoms with Gasteiger partial charge in [-0.2, -0.15) is 0 Å². The standard InChI is InChI=1S/C5H9BrO/c6-3-1-2-5-4-7-5/h5H,1-4H2. The highest BCUT2D eigenvalue weighted by molar-refractivity contribution is 9.09. The monoisotopic (exact) mass is 164 g/mol. The van der Waals surface area contributed by atoms with Gasteiger partial charge in [-0.15, -0.1) is 0 Å². The molecule has 0 radical (unpaired) electrons. The fourth-order valence-electron chi connectivity index (χ4n) is 0.540. The molecule has 0 aliphatic carbocycles. The molecule has 1 saturated heterocycles. The summed E-state index contributed by atoms with van der Waals surface area (Å²) in [4.78, 5) is 0. The average molecular weight is 165 g/mol. The van der Waals surface area contributed by atoms with Crippen molar-refractivity contribution < 1.29 is 4.74 Å². The average Bonchev–Trinajstić information content (AvgIpc) is 2.42. The zero-order chi connectivity index (χ0) is 5.11. The highest BCUT2D eigenvalue weighted by Gasteiger charge is 2.20. The van der Waals surface area contributed by atoms with E-state index in [4.69, 9.17) is 4.74 Å². The number of hydrogen-bond donors (Lipinski definition) is 0. The van der Waals surface area contributed by atoms with Crippen molar-refractivity contribution in [3.8, 4) is 0 Å². The van der Waals surface area contributed by atoms with Crippen LogP contribution < -0.4 is 0 Å². The number of alkyl halides is 1. The predicted octanol–water partition coefficient (Wildman–Crippen LogP) is 1.56. The molecule has 0 N–H and O–H groups in total. The topological polar surface area (TPSA) is 12.5 Å². The summed E-state index contributed by atoms with van der Waals surface area (Å²) in [5, 5.41) is 1.12. The van der Waals surface area contributed by atoms with E-state index < -0.39 is 0 Å². The van der Waals surface area contributed by atoms with Crippen LogP contribution in [0.4, 0.5) is 0 Å². The summed E-state index contributed by atoms with van der Waals surface area (Å²) in [5.74, 6) is 0. The highest BCUT2D eigenvalue weighted by Crippen LogP contribution is 2.15. The minimum absolute atomic E-state index is 0.623.